The molecule has 1 unspecified atom stereocenters. The van der Waals surface area contributed by atoms with E-state index >= 15 is 0 Å². The summed E-state index contributed by atoms with van der Waals surface area (Å²) in [6.45, 7) is 5.90. The third kappa shape index (κ3) is 3.56. The highest BCUT2D eigenvalue weighted by molar-refractivity contribution is 4.89. The first-order chi connectivity index (χ1) is 8.18. The smallest absolute Gasteiger partial charge is 0.106 e. The van der Waals surface area contributed by atoms with Gasteiger partial charge in [-0.05, 0) is 31.2 Å². The van der Waals surface area contributed by atoms with Crippen LogP contribution in [-0.4, -0.2) is 22.6 Å². The highest BCUT2D eigenvalue weighted by atomic mass is 14.9. The van der Waals surface area contributed by atoms with Gasteiger partial charge >= 0.3 is 0 Å². The molecule has 1 atom stereocenters. The fraction of sp³-hybridized carbons (Fsp3) is 0.786. The van der Waals surface area contributed by atoms with Gasteiger partial charge < -0.3 is 10.3 Å². The van der Waals surface area contributed by atoms with Crippen molar-refractivity contribution < 1.29 is 0 Å². The topological polar surface area (TPSA) is 40.7 Å². The second kappa shape index (κ2) is 5.67. The molecule has 0 saturated heterocycles. The lowest BCUT2D eigenvalue weighted by Gasteiger charge is -2.39. The van der Waals surface area contributed by atoms with Crippen LogP contribution < -0.4 is 5.32 Å². The van der Waals surface area contributed by atoms with Gasteiger partial charge in [0.15, 0.2) is 0 Å². The second-order valence-corrected chi connectivity index (χ2v) is 5.88. The van der Waals surface area contributed by atoms with Gasteiger partial charge in [0.05, 0.1) is 0 Å². The van der Waals surface area contributed by atoms with Crippen molar-refractivity contribution in [2.24, 2.45) is 5.41 Å². The number of aryl methyl sites for hydroxylation is 1. The zero-order valence-electron chi connectivity index (χ0n) is 11.1. The summed E-state index contributed by atoms with van der Waals surface area (Å²) in [7, 11) is 0. The summed E-state index contributed by atoms with van der Waals surface area (Å²) < 4.78 is 0. The van der Waals surface area contributed by atoms with E-state index in [1.54, 1.807) is 0 Å². The molecule has 1 saturated carbocycles. The molecule has 0 bridgehead atoms. The molecule has 1 fully saturated rings. The van der Waals surface area contributed by atoms with Crippen LogP contribution in [0.4, 0.5) is 0 Å². The lowest BCUT2D eigenvalue weighted by atomic mass is 9.73. The third-order valence-corrected chi connectivity index (χ3v) is 4.04. The molecule has 0 amide bonds. The van der Waals surface area contributed by atoms with Crippen LogP contribution in [0.2, 0.25) is 0 Å². The van der Waals surface area contributed by atoms with Crippen molar-refractivity contribution >= 4 is 0 Å². The maximum Gasteiger partial charge on any atom is 0.106 e. The van der Waals surface area contributed by atoms with E-state index in [0.717, 1.165) is 18.8 Å². The van der Waals surface area contributed by atoms with E-state index in [2.05, 4.69) is 29.1 Å². The third-order valence-electron chi connectivity index (χ3n) is 4.04. The predicted octanol–water partition coefficient (Wildman–Crippen LogP) is 2.90. The minimum Gasteiger partial charge on any atom is -0.349 e. The van der Waals surface area contributed by atoms with Gasteiger partial charge in [0, 0.05) is 24.9 Å². The van der Waals surface area contributed by atoms with Gasteiger partial charge in [-0.25, -0.2) is 4.98 Å². The first-order valence-corrected chi connectivity index (χ1v) is 6.90. The van der Waals surface area contributed by atoms with E-state index < -0.39 is 0 Å². The molecule has 2 rings (SSSR count). The molecule has 17 heavy (non-hydrogen) atoms. The lowest BCUT2D eigenvalue weighted by molar-refractivity contribution is 0.168. The second-order valence-electron chi connectivity index (χ2n) is 5.88. The summed E-state index contributed by atoms with van der Waals surface area (Å²) in [6, 6.07) is 0.702. The fourth-order valence-electron chi connectivity index (χ4n) is 2.84. The molecule has 1 aromatic rings. The normalized spacial score (nSPS) is 23.8. The quantitative estimate of drug-likeness (QED) is 0.770. The van der Waals surface area contributed by atoms with Crippen LogP contribution in [0.25, 0.3) is 0 Å². The van der Waals surface area contributed by atoms with Crippen LogP contribution in [0.5, 0.6) is 0 Å². The molecule has 2 N–H and O–H groups in total. The van der Waals surface area contributed by atoms with E-state index in [-0.39, 0.29) is 0 Å². The van der Waals surface area contributed by atoms with Crippen molar-refractivity contribution in [2.45, 2.75) is 58.4 Å². The summed E-state index contributed by atoms with van der Waals surface area (Å²) in [5.74, 6) is 1.11. The van der Waals surface area contributed by atoms with Gasteiger partial charge in [-0.15, -0.1) is 0 Å². The summed E-state index contributed by atoms with van der Waals surface area (Å²) in [4.78, 5) is 7.40. The number of imidazole rings is 1. The van der Waals surface area contributed by atoms with Crippen LogP contribution in [0, 0.1) is 5.41 Å². The summed E-state index contributed by atoms with van der Waals surface area (Å²) in [5, 5.41) is 3.73. The van der Waals surface area contributed by atoms with Crippen molar-refractivity contribution in [3.8, 4) is 0 Å². The molecular weight excluding hydrogens is 210 g/mol. The lowest BCUT2D eigenvalue weighted by Crippen LogP contribution is -2.44. The number of hydrogen-bond donors (Lipinski definition) is 2. The van der Waals surface area contributed by atoms with Crippen molar-refractivity contribution in [3.63, 3.8) is 0 Å². The van der Waals surface area contributed by atoms with Crippen LogP contribution in [0.15, 0.2) is 12.4 Å². The van der Waals surface area contributed by atoms with E-state index in [1.165, 1.54) is 32.1 Å². The van der Waals surface area contributed by atoms with Gasteiger partial charge in [-0.2, -0.15) is 0 Å². The van der Waals surface area contributed by atoms with E-state index in [0.29, 0.717) is 11.5 Å². The molecular formula is C14H25N3. The molecule has 1 aromatic heterocycles. The molecule has 0 radical (unpaired) electrons. The highest BCUT2D eigenvalue weighted by Crippen LogP contribution is 2.35. The Morgan fingerprint density at radius 2 is 2.35 bits per heavy atom. The first kappa shape index (κ1) is 12.6. The standard InChI is InChI=1S/C14H25N3/c1-14(2)8-4-3-6-12(14)15-9-5-7-13-16-10-11-17-13/h10-12,15H,3-9H2,1-2H3,(H,16,17). The number of aromatic amines is 1. The van der Waals surface area contributed by atoms with Crippen LogP contribution in [-0.2, 0) is 6.42 Å². The molecule has 0 aromatic carbocycles. The molecule has 96 valence electrons. The zero-order valence-corrected chi connectivity index (χ0v) is 11.1. The molecule has 3 heteroatoms. The fourth-order valence-corrected chi connectivity index (χ4v) is 2.84. The maximum absolute atomic E-state index is 4.25. The Balaban J connectivity index is 1.67. The van der Waals surface area contributed by atoms with Crippen LogP contribution in [0.3, 0.4) is 0 Å². The molecule has 1 aliphatic carbocycles. The van der Waals surface area contributed by atoms with Gasteiger partial charge in [0.1, 0.15) is 5.82 Å². The van der Waals surface area contributed by atoms with Crippen LogP contribution in [0.1, 0.15) is 51.8 Å². The van der Waals surface area contributed by atoms with Gasteiger partial charge in [-0.1, -0.05) is 26.7 Å². The monoisotopic (exact) mass is 235 g/mol. The average molecular weight is 235 g/mol. The molecule has 0 spiro atoms. The number of rotatable bonds is 5. The Morgan fingerprint density at radius 1 is 1.47 bits per heavy atom. The summed E-state index contributed by atoms with van der Waals surface area (Å²) in [5.41, 5.74) is 0.475. The Labute approximate surface area is 104 Å². The Kier molecular flexibility index (Phi) is 4.21. The Hall–Kier alpha value is -0.830. The molecule has 1 heterocycles. The minimum atomic E-state index is 0.475. The first-order valence-electron chi connectivity index (χ1n) is 6.90. The van der Waals surface area contributed by atoms with Crippen molar-refractivity contribution in [1.29, 1.82) is 0 Å². The number of nitrogens with zero attached hydrogens (tertiary/aromatic N) is 1. The van der Waals surface area contributed by atoms with Crippen molar-refractivity contribution in [2.75, 3.05) is 6.54 Å². The van der Waals surface area contributed by atoms with Crippen molar-refractivity contribution in [1.82, 2.24) is 15.3 Å². The van der Waals surface area contributed by atoms with Crippen LogP contribution >= 0.6 is 0 Å². The summed E-state index contributed by atoms with van der Waals surface area (Å²) in [6.07, 6.45) is 11.4. The zero-order chi connectivity index (χ0) is 12.1. The Morgan fingerprint density at radius 3 is 3.06 bits per heavy atom. The average Bonchev–Trinajstić information content (AvgIpc) is 2.79. The minimum absolute atomic E-state index is 0.475. The largest absolute Gasteiger partial charge is 0.349 e. The van der Waals surface area contributed by atoms with E-state index in [4.69, 9.17) is 0 Å². The number of aromatic nitrogens is 2. The van der Waals surface area contributed by atoms with Gasteiger partial charge in [0.2, 0.25) is 0 Å². The van der Waals surface area contributed by atoms with E-state index in [1.807, 2.05) is 12.4 Å². The SMILES string of the molecule is CC1(C)CCCCC1NCCCc1ncc[nH]1. The summed E-state index contributed by atoms with van der Waals surface area (Å²) >= 11 is 0. The number of hydrogen-bond acceptors (Lipinski definition) is 2. The molecule has 0 aliphatic heterocycles. The molecule has 1 aliphatic rings. The van der Waals surface area contributed by atoms with Gasteiger partial charge in [-0.3, -0.25) is 0 Å². The maximum atomic E-state index is 4.25. The van der Waals surface area contributed by atoms with Crippen molar-refractivity contribution in [3.05, 3.63) is 18.2 Å². The predicted molar refractivity (Wildman–Crippen MR) is 70.9 cm³/mol. The highest BCUT2D eigenvalue weighted by Gasteiger charge is 2.31. The van der Waals surface area contributed by atoms with Gasteiger partial charge in [0.25, 0.3) is 0 Å². The Bertz CT molecular complexity index is 316. The molecule has 3 nitrogen and oxygen atoms in total. The number of H-pyrrole nitrogens is 1. The number of nitrogens with one attached hydrogen (secondary N) is 2. The van der Waals surface area contributed by atoms with E-state index in [9.17, 15) is 0 Å².